The fourth-order valence-corrected chi connectivity index (χ4v) is 1.84. The summed E-state index contributed by atoms with van der Waals surface area (Å²) in [6.07, 6.45) is 1.64. The summed E-state index contributed by atoms with van der Waals surface area (Å²) in [6.45, 7) is 0.355. The molecule has 1 heterocycles. The maximum Gasteiger partial charge on any atom is 0.160 e. The predicted octanol–water partition coefficient (Wildman–Crippen LogP) is 2.50. The Labute approximate surface area is 101 Å². The smallest absolute Gasteiger partial charge is 0.160 e. The maximum atomic E-state index is 12.9. The average molecular weight is 282 g/mol. The molecule has 0 fully saturated rings. The molecular weight excluding hydrogens is 273 g/mol. The number of hydrogen-bond acceptors (Lipinski definition) is 3. The first-order chi connectivity index (χ1) is 7.70. The lowest BCUT2D eigenvalue weighted by Crippen LogP contribution is -2.01. The van der Waals surface area contributed by atoms with Gasteiger partial charge in [-0.2, -0.15) is 0 Å². The minimum Gasteiger partial charge on any atom is -0.325 e. The standard InChI is InChI=1S/C11H9BrFN3/c12-10-5-7(13)1-2-9(10)11-15-4-3-8(6-14)16-11/h1-5H,6,14H2. The number of halogens is 2. The quantitative estimate of drug-likeness (QED) is 0.920. The molecule has 0 saturated carbocycles. The van der Waals surface area contributed by atoms with Crippen molar-refractivity contribution in [1.29, 1.82) is 0 Å². The van der Waals surface area contributed by atoms with Crippen LogP contribution < -0.4 is 5.73 Å². The molecule has 0 aliphatic carbocycles. The third kappa shape index (κ3) is 2.25. The van der Waals surface area contributed by atoms with E-state index in [0.717, 1.165) is 11.3 Å². The van der Waals surface area contributed by atoms with Gasteiger partial charge in [-0.05, 0) is 40.2 Å². The van der Waals surface area contributed by atoms with E-state index < -0.39 is 0 Å². The predicted molar refractivity (Wildman–Crippen MR) is 63.0 cm³/mol. The summed E-state index contributed by atoms with van der Waals surface area (Å²) >= 11 is 3.28. The summed E-state index contributed by atoms with van der Waals surface area (Å²) in [5.74, 6) is 0.237. The van der Waals surface area contributed by atoms with Crippen molar-refractivity contribution in [3.05, 3.63) is 46.4 Å². The summed E-state index contributed by atoms with van der Waals surface area (Å²) in [6, 6.07) is 6.14. The highest BCUT2D eigenvalue weighted by atomic mass is 79.9. The molecule has 82 valence electrons. The molecule has 2 aromatic rings. The first kappa shape index (κ1) is 11.2. The Balaban J connectivity index is 2.49. The van der Waals surface area contributed by atoms with Gasteiger partial charge in [0.15, 0.2) is 5.82 Å². The van der Waals surface area contributed by atoms with Gasteiger partial charge in [0.1, 0.15) is 5.82 Å². The molecular formula is C11H9BrFN3. The van der Waals surface area contributed by atoms with E-state index in [1.54, 1.807) is 18.3 Å². The number of nitrogens with zero attached hydrogens (tertiary/aromatic N) is 2. The summed E-state index contributed by atoms with van der Waals surface area (Å²) in [4.78, 5) is 8.39. The molecule has 16 heavy (non-hydrogen) atoms. The van der Waals surface area contributed by atoms with Crippen LogP contribution in [-0.2, 0) is 6.54 Å². The van der Waals surface area contributed by atoms with Crippen LogP contribution >= 0.6 is 15.9 Å². The molecule has 0 atom stereocenters. The van der Waals surface area contributed by atoms with E-state index in [0.29, 0.717) is 16.8 Å². The lowest BCUT2D eigenvalue weighted by atomic mass is 10.2. The Morgan fingerprint density at radius 2 is 2.12 bits per heavy atom. The lowest BCUT2D eigenvalue weighted by molar-refractivity contribution is 0.627. The Hall–Kier alpha value is -1.33. The monoisotopic (exact) mass is 281 g/mol. The highest BCUT2D eigenvalue weighted by Gasteiger charge is 2.07. The molecule has 5 heteroatoms. The van der Waals surface area contributed by atoms with Crippen LogP contribution in [0.15, 0.2) is 34.9 Å². The molecule has 2 rings (SSSR count). The fourth-order valence-electron chi connectivity index (χ4n) is 1.31. The van der Waals surface area contributed by atoms with E-state index in [9.17, 15) is 4.39 Å². The first-order valence-electron chi connectivity index (χ1n) is 4.68. The Morgan fingerprint density at radius 3 is 2.81 bits per heavy atom. The second-order valence-electron chi connectivity index (χ2n) is 3.20. The largest absolute Gasteiger partial charge is 0.325 e. The number of hydrogen-bond donors (Lipinski definition) is 1. The third-order valence-corrected chi connectivity index (χ3v) is 2.75. The summed E-state index contributed by atoms with van der Waals surface area (Å²) in [7, 11) is 0. The second kappa shape index (κ2) is 4.67. The zero-order valence-electron chi connectivity index (χ0n) is 8.32. The van der Waals surface area contributed by atoms with Crippen molar-refractivity contribution >= 4 is 15.9 Å². The molecule has 0 unspecified atom stereocenters. The number of benzene rings is 1. The van der Waals surface area contributed by atoms with E-state index in [-0.39, 0.29) is 5.82 Å². The minimum absolute atomic E-state index is 0.300. The molecule has 0 amide bonds. The van der Waals surface area contributed by atoms with Crippen LogP contribution in [0, 0.1) is 5.82 Å². The van der Waals surface area contributed by atoms with Crippen molar-refractivity contribution < 1.29 is 4.39 Å². The van der Waals surface area contributed by atoms with Crippen molar-refractivity contribution in [2.75, 3.05) is 0 Å². The summed E-state index contributed by atoms with van der Waals surface area (Å²) < 4.78 is 13.5. The number of aromatic nitrogens is 2. The van der Waals surface area contributed by atoms with E-state index in [4.69, 9.17) is 5.73 Å². The van der Waals surface area contributed by atoms with E-state index in [1.807, 2.05) is 0 Å². The van der Waals surface area contributed by atoms with Crippen molar-refractivity contribution in [3.8, 4) is 11.4 Å². The SMILES string of the molecule is NCc1ccnc(-c2ccc(F)cc2Br)n1. The molecule has 0 spiro atoms. The molecule has 1 aromatic heterocycles. The van der Waals surface area contributed by atoms with Crippen LogP contribution in [0.25, 0.3) is 11.4 Å². The van der Waals surface area contributed by atoms with Gasteiger partial charge in [-0.3, -0.25) is 0 Å². The fraction of sp³-hybridized carbons (Fsp3) is 0.0909. The van der Waals surface area contributed by atoms with E-state index in [1.165, 1.54) is 12.1 Å². The van der Waals surface area contributed by atoms with Crippen LogP contribution in [0.1, 0.15) is 5.69 Å². The van der Waals surface area contributed by atoms with Gasteiger partial charge in [-0.1, -0.05) is 0 Å². The zero-order chi connectivity index (χ0) is 11.5. The van der Waals surface area contributed by atoms with Crippen LogP contribution in [-0.4, -0.2) is 9.97 Å². The van der Waals surface area contributed by atoms with Crippen molar-refractivity contribution in [1.82, 2.24) is 9.97 Å². The van der Waals surface area contributed by atoms with Gasteiger partial charge in [0.25, 0.3) is 0 Å². The van der Waals surface area contributed by atoms with Gasteiger partial charge in [0, 0.05) is 22.8 Å². The van der Waals surface area contributed by atoms with Gasteiger partial charge < -0.3 is 5.73 Å². The highest BCUT2D eigenvalue weighted by Crippen LogP contribution is 2.26. The van der Waals surface area contributed by atoms with Crippen LogP contribution in [0.5, 0.6) is 0 Å². The second-order valence-corrected chi connectivity index (χ2v) is 4.05. The Morgan fingerprint density at radius 1 is 1.31 bits per heavy atom. The molecule has 0 aliphatic rings. The van der Waals surface area contributed by atoms with Crippen molar-refractivity contribution in [2.45, 2.75) is 6.54 Å². The van der Waals surface area contributed by atoms with Gasteiger partial charge in [0.05, 0.1) is 5.69 Å². The zero-order valence-corrected chi connectivity index (χ0v) is 9.91. The van der Waals surface area contributed by atoms with Crippen molar-refractivity contribution in [2.24, 2.45) is 5.73 Å². The number of nitrogens with two attached hydrogens (primary N) is 1. The van der Waals surface area contributed by atoms with Gasteiger partial charge in [0.2, 0.25) is 0 Å². The summed E-state index contributed by atoms with van der Waals surface area (Å²) in [5, 5.41) is 0. The molecule has 0 saturated heterocycles. The minimum atomic E-state index is -0.300. The Kier molecular flexibility index (Phi) is 3.26. The Bertz CT molecular complexity index is 516. The number of rotatable bonds is 2. The molecule has 2 N–H and O–H groups in total. The normalized spacial score (nSPS) is 10.4. The molecule has 0 radical (unpaired) electrons. The van der Waals surface area contributed by atoms with Gasteiger partial charge in [-0.15, -0.1) is 0 Å². The van der Waals surface area contributed by atoms with Crippen molar-refractivity contribution in [3.63, 3.8) is 0 Å². The topological polar surface area (TPSA) is 51.8 Å². The maximum absolute atomic E-state index is 12.9. The molecule has 0 aliphatic heterocycles. The lowest BCUT2D eigenvalue weighted by Gasteiger charge is -2.04. The van der Waals surface area contributed by atoms with Crippen LogP contribution in [0.2, 0.25) is 0 Å². The summed E-state index contributed by atoms with van der Waals surface area (Å²) in [5.41, 5.74) is 7.00. The van der Waals surface area contributed by atoms with Gasteiger partial charge in [-0.25, -0.2) is 14.4 Å². The average Bonchev–Trinajstić information content (AvgIpc) is 2.29. The molecule has 1 aromatic carbocycles. The highest BCUT2D eigenvalue weighted by molar-refractivity contribution is 9.10. The van der Waals surface area contributed by atoms with E-state index >= 15 is 0 Å². The molecule has 3 nitrogen and oxygen atoms in total. The van der Waals surface area contributed by atoms with Crippen LogP contribution in [0.3, 0.4) is 0 Å². The van der Waals surface area contributed by atoms with E-state index in [2.05, 4.69) is 25.9 Å². The van der Waals surface area contributed by atoms with Gasteiger partial charge >= 0.3 is 0 Å². The first-order valence-corrected chi connectivity index (χ1v) is 5.47. The third-order valence-electron chi connectivity index (χ3n) is 2.09. The van der Waals surface area contributed by atoms with Crippen LogP contribution in [0.4, 0.5) is 4.39 Å². The molecule has 0 bridgehead atoms.